The number of allylic oxidation sites excluding steroid dienone is 1. The first kappa shape index (κ1) is 18.9. The Balaban J connectivity index is 3.02. The van der Waals surface area contributed by atoms with Gasteiger partial charge in [0.1, 0.15) is 0 Å². The summed E-state index contributed by atoms with van der Waals surface area (Å²) in [5.74, 6) is -0.662. The van der Waals surface area contributed by atoms with E-state index in [1.165, 1.54) is 0 Å². The van der Waals surface area contributed by atoms with Crippen LogP contribution in [-0.4, -0.2) is 28.6 Å². The molecule has 0 heterocycles. The number of aliphatic hydroxyl groups excluding tert-OH is 1. The molecule has 0 amide bonds. The van der Waals surface area contributed by atoms with Gasteiger partial charge in [-0.1, -0.05) is 53.7 Å². The van der Waals surface area contributed by atoms with Gasteiger partial charge in [-0.05, 0) is 30.1 Å². The van der Waals surface area contributed by atoms with Crippen LogP contribution in [0.15, 0.2) is 23.3 Å². The number of ether oxygens (including phenoxy) is 1. The number of carboxylic acid groups (broad SMARTS) is 1. The Morgan fingerprint density at radius 3 is 2.45 bits per heavy atom. The van der Waals surface area contributed by atoms with Crippen molar-refractivity contribution in [3.8, 4) is 0 Å². The number of carbonyl (C=O) groups is 1. The number of carboxylic acids is 1. The molecular formula is C18H30O4. The third-order valence-corrected chi connectivity index (χ3v) is 4.03. The molecule has 22 heavy (non-hydrogen) atoms. The minimum Gasteiger partial charge on any atom is -0.478 e. The van der Waals surface area contributed by atoms with Crippen molar-refractivity contribution in [2.75, 3.05) is 0 Å². The zero-order chi connectivity index (χ0) is 17.1. The van der Waals surface area contributed by atoms with E-state index < -0.39 is 12.3 Å². The molecule has 0 spiro atoms. The normalized spacial score (nSPS) is 22.1. The van der Waals surface area contributed by atoms with Gasteiger partial charge in [0, 0.05) is 11.1 Å². The van der Waals surface area contributed by atoms with E-state index in [0.717, 1.165) is 6.42 Å². The molecule has 0 fully saturated rings. The van der Waals surface area contributed by atoms with Crippen molar-refractivity contribution in [1.29, 1.82) is 0 Å². The maximum atomic E-state index is 11.5. The summed E-state index contributed by atoms with van der Waals surface area (Å²) < 4.78 is 5.88. The molecule has 0 aromatic carbocycles. The van der Waals surface area contributed by atoms with Gasteiger partial charge in [0.2, 0.25) is 0 Å². The van der Waals surface area contributed by atoms with Crippen molar-refractivity contribution in [2.24, 2.45) is 17.3 Å². The van der Waals surface area contributed by atoms with E-state index in [9.17, 15) is 15.0 Å². The Morgan fingerprint density at radius 2 is 2.00 bits per heavy atom. The van der Waals surface area contributed by atoms with Gasteiger partial charge >= 0.3 is 5.97 Å². The van der Waals surface area contributed by atoms with Crippen LogP contribution in [0.5, 0.6) is 0 Å². The Labute approximate surface area is 133 Å². The lowest BCUT2D eigenvalue weighted by molar-refractivity contribution is -0.149. The lowest BCUT2D eigenvalue weighted by Crippen LogP contribution is -2.36. The fraction of sp³-hybridized carbons (Fsp3) is 0.722. The number of aliphatic carboxylic acids is 1. The topological polar surface area (TPSA) is 66.8 Å². The van der Waals surface area contributed by atoms with Crippen LogP contribution in [0, 0.1) is 17.3 Å². The number of hydrogen-bond acceptors (Lipinski definition) is 3. The van der Waals surface area contributed by atoms with Gasteiger partial charge in [-0.25, -0.2) is 4.79 Å². The SMILES string of the molecule is CC(C)CC(OC(O)C1=C(C(=O)O)C(C)CC=C1)C(C)(C)C. The van der Waals surface area contributed by atoms with Crippen LogP contribution in [0.4, 0.5) is 0 Å². The molecular weight excluding hydrogens is 280 g/mol. The van der Waals surface area contributed by atoms with Crippen LogP contribution >= 0.6 is 0 Å². The first-order valence-electron chi connectivity index (χ1n) is 8.01. The quantitative estimate of drug-likeness (QED) is 0.733. The van der Waals surface area contributed by atoms with Crippen LogP contribution in [0.25, 0.3) is 0 Å². The van der Waals surface area contributed by atoms with E-state index in [0.29, 0.717) is 17.9 Å². The van der Waals surface area contributed by atoms with Gasteiger partial charge in [0.05, 0.1) is 6.10 Å². The zero-order valence-electron chi connectivity index (χ0n) is 14.6. The minimum atomic E-state index is -1.20. The molecule has 1 rings (SSSR count). The summed E-state index contributed by atoms with van der Waals surface area (Å²) in [5, 5.41) is 19.9. The fourth-order valence-corrected chi connectivity index (χ4v) is 2.71. The summed E-state index contributed by atoms with van der Waals surface area (Å²) in [6.07, 6.45) is 3.72. The molecule has 4 nitrogen and oxygen atoms in total. The highest BCUT2D eigenvalue weighted by atomic mass is 16.6. The highest BCUT2D eigenvalue weighted by Gasteiger charge is 2.32. The summed E-state index contributed by atoms with van der Waals surface area (Å²) in [6, 6.07) is 0. The highest BCUT2D eigenvalue weighted by molar-refractivity contribution is 5.89. The molecule has 4 heteroatoms. The van der Waals surface area contributed by atoms with Crippen LogP contribution in [0.3, 0.4) is 0 Å². The Hall–Kier alpha value is -1.13. The lowest BCUT2D eigenvalue weighted by atomic mass is 9.83. The van der Waals surface area contributed by atoms with Crippen molar-refractivity contribution in [3.05, 3.63) is 23.3 Å². The molecule has 0 radical (unpaired) electrons. The predicted molar refractivity (Wildman–Crippen MR) is 87.4 cm³/mol. The summed E-state index contributed by atoms with van der Waals surface area (Å²) >= 11 is 0. The molecule has 0 aliphatic heterocycles. The molecule has 0 saturated carbocycles. The number of rotatable bonds is 6. The van der Waals surface area contributed by atoms with Crippen molar-refractivity contribution < 1.29 is 19.7 Å². The second kappa shape index (κ2) is 7.42. The highest BCUT2D eigenvalue weighted by Crippen LogP contribution is 2.32. The summed E-state index contributed by atoms with van der Waals surface area (Å²) in [4.78, 5) is 11.5. The Bertz CT molecular complexity index is 454. The van der Waals surface area contributed by atoms with Gasteiger partial charge in [-0.15, -0.1) is 0 Å². The van der Waals surface area contributed by atoms with Crippen LogP contribution in [0.1, 0.15) is 54.4 Å². The first-order chi connectivity index (χ1) is 10.0. The summed E-state index contributed by atoms with van der Waals surface area (Å²) in [5.41, 5.74) is 0.510. The van der Waals surface area contributed by atoms with Crippen LogP contribution in [0.2, 0.25) is 0 Å². The molecule has 2 N–H and O–H groups in total. The maximum Gasteiger partial charge on any atom is 0.332 e. The standard InChI is InChI=1S/C18H30O4/c1-11(2)10-14(18(4,5)6)22-17(21)13-9-7-8-12(3)15(13)16(19)20/h7,9,11-12,14,17,21H,8,10H2,1-6H3,(H,19,20). The van der Waals surface area contributed by atoms with Crippen molar-refractivity contribution in [3.63, 3.8) is 0 Å². The van der Waals surface area contributed by atoms with Crippen LogP contribution in [-0.2, 0) is 9.53 Å². The average molecular weight is 310 g/mol. The average Bonchev–Trinajstić information content (AvgIpc) is 2.35. The van der Waals surface area contributed by atoms with Gasteiger partial charge < -0.3 is 14.9 Å². The van der Waals surface area contributed by atoms with Crippen LogP contribution < -0.4 is 0 Å². The second-order valence-electron chi connectivity index (χ2n) is 7.69. The predicted octanol–water partition coefficient (Wildman–Crippen LogP) is 3.76. The van der Waals surface area contributed by atoms with E-state index in [1.807, 2.05) is 13.0 Å². The minimum absolute atomic E-state index is 0.117. The summed E-state index contributed by atoms with van der Waals surface area (Å²) in [6.45, 7) is 12.3. The molecule has 0 saturated heterocycles. The van der Waals surface area contributed by atoms with E-state index in [2.05, 4.69) is 34.6 Å². The van der Waals surface area contributed by atoms with Gasteiger partial charge in [0.25, 0.3) is 0 Å². The smallest absolute Gasteiger partial charge is 0.332 e. The van der Waals surface area contributed by atoms with Gasteiger partial charge in [-0.2, -0.15) is 0 Å². The van der Waals surface area contributed by atoms with Gasteiger partial charge in [0.15, 0.2) is 6.29 Å². The zero-order valence-corrected chi connectivity index (χ0v) is 14.6. The molecule has 0 aromatic rings. The van der Waals surface area contributed by atoms with E-state index >= 15 is 0 Å². The molecule has 1 aliphatic carbocycles. The Morgan fingerprint density at radius 1 is 1.41 bits per heavy atom. The summed E-state index contributed by atoms with van der Waals surface area (Å²) in [7, 11) is 0. The number of aliphatic hydroxyl groups is 1. The van der Waals surface area contributed by atoms with Crippen molar-refractivity contribution >= 4 is 5.97 Å². The first-order valence-corrected chi connectivity index (χ1v) is 8.01. The molecule has 0 bridgehead atoms. The molecule has 3 unspecified atom stereocenters. The van der Waals surface area contributed by atoms with Crippen molar-refractivity contribution in [2.45, 2.75) is 66.8 Å². The molecule has 3 atom stereocenters. The molecule has 0 aromatic heterocycles. The monoisotopic (exact) mass is 310 g/mol. The molecule has 126 valence electrons. The third-order valence-electron chi connectivity index (χ3n) is 4.03. The van der Waals surface area contributed by atoms with Crippen molar-refractivity contribution in [1.82, 2.24) is 0 Å². The third kappa shape index (κ3) is 4.96. The fourth-order valence-electron chi connectivity index (χ4n) is 2.71. The van der Waals surface area contributed by atoms with Gasteiger partial charge in [-0.3, -0.25) is 0 Å². The largest absolute Gasteiger partial charge is 0.478 e. The van der Waals surface area contributed by atoms with E-state index in [4.69, 9.17) is 4.74 Å². The number of hydrogen-bond donors (Lipinski definition) is 2. The lowest BCUT2D eigenvalue weighted by Gasteiger charge is -2.35. The molecule has 1 aliphatic rings. The van der Waals surface area contributed by atoms with E-state index in [-0.39, 0.29) is 23.0 Å². The second-order valence-corrected chi connectivity index (χ2v) is 7.69. The maximum absolute atomic E-state index is 11.5. The Kier molecular flexibility index (Phi) is 6.38. The van der Waals surface area contributed by atoms with E-state index in [1.54, 1.807) is 6.08 Å².